The summed E-state index contributed by atoms with van der Waals surface area (Å²) >= 11 is 6.51. The monoisotopic (exact) mass is 494 g/mol. The number of hydrogen-bond acceptors (Lipinski definition) is 6. The highest BCUT2D eigenvalue weighted by Crippen LogP contribution is 2.48. The summed E-state index contributed by atoms with van der Waals surface area (Å²) in [6.07, 6.45) is 3.21. The van der Waals surface area contributed by atoms with Gasteiger partial charge in [0.2, 0.25) is 0 Å². The summed E-state index contributed by atoms with van der Waals surface area (Å²) in [5.41, 5.74) is 0.940. The highest BCUT2D eigenvalue weighted by atomic mass is 35.5. The molecule has 1 spiro atoms. The van der Waals surface area contributed by atoms with E-state index in [2.05, 4.69) is 16.8 Å². The van der Waals surface area contributed by atoms with Gasteiger partial charge in [-0.05, 0) is 43.4 Å². The SMILES string of the molecule is CC#Cc1cc(Cl)c(C2C(=O)CC3(CCN(C(=O)c4cc(OC)ccn4)CC3)CC2=O)c(OC)c1. The molecule has 1 aliphatic carbocycles. The summed E-state index contributed by atoms with van der Waals surface area (Å²) in [6, 6.07) is 6.67. The number of piperidine rings is 1. The van der Waals surface area contributed by atoms with Gasteiger partial charge < -0.3 is 14.4 Å². The fourth-order valence-corrected chi connectivity index (χ4v) is 5.44. The van der Waals surface area contributed by atoms with Crippen molar-refractivity contribution in [1.82, 2.24) is 9.88 Å². The molecule has 2 aliphatic rings. The molecule has 0 bridgehead atoms. The molecule has 0 N–H and O–H groups in total. The van der Waals surface area contributed by atoms with Gasteiger partial charge in [0.15, 0.2) is 0 Å². The van der Waals surface area contributed by atoms with Crippen LogP contribution in [0.25, 0.3) is 0 Å². The van der Waals surface area contributed by atoms with Crippen molar-refractivity contribution in [3.63, 3.8) is 0 Å². The van der Waals surface area contributed by atoms with Gasteiger partial charge in [0, 0.05) is 54.3 Å². The van der Waals surface area contributed by atoms with E-state index in [9.17, 15) is 14.4 Å². The number of methoxy groups -OCH3 is 2. The molecule has 2 heterocycles. The maximum atomic E-state index is 13.3. The molecule has 35 heavy (non-hydrogen) atoms. The smallest absolute Gasteiger partial charge is 0.272 e. The van der Waals surface area contributed by atoms with Gasteiger partial charge in [-0.25, -0.2) is 0 Å². The molecule has 1 saturated carbocycles. The number of benzene rings is 1. The third kappa shape index (κ3) is 4.89. The van der Waals surface area contributed by atoms with Gasteiger partial charge in [0.05, 0.1) is 14.2 Å². The van der Waals surface area contributed by atoms with Gasteiger partial charge in [-0.3, -0.25) is 19.4 Å². The molecule has 1 aliphatic heterocycles. The van der Waals surface area contributed by atoms with Crippen LogP contribution in [0.3, 0.4) is 0 Å². The van der Waals surface area contributed by atoms with Gasteiger partial charge in [0.25, 0.3) is 5.91 Å². The van der Waals surface area contributed by atoms with Gasteiger partial charge in [-0.1, -0.05) is 17.5 Å². The Morgan fingerprint density at radius 1 is 1.11 bits per heavy atom. The molecular formula is C27H27ClN2O5. The minimum atomic E-state index is -0.952. The van der Waals surface area contributed by atoms with Crippen LogP contribution in [0.4, 0.5) is 0 Å². The van der Waals surface area contributed by atoms with Crippen LogP contribution in [0.5, 0.6) is 11.5 Å². The maximum Gasteiger partial charge on any atom is 0.272 e. The van der Waals surface area contributed by atoms with Gasteiger partial charge in [-0.15, -0.1) is 5.92 Å². The van der Waals surface area contributed by atoms with E-state index in [-0.39, 0.29) is 30.3 Å². The molecule has 0 atom stereocenters. The predicted octanol–water partition coefficient (Wildman–Crippen LogP) is 4.06. The van der Waals surface area contributed by atoms with Crippen LogP contribution in [0, 0.1) is 17.3 Å². The number of pyridine rings is 1. The fourth-order valence-electron chi connectivity index (χ4n) is 5.12. The van der Waals surface area contributed by atoms with Gasteiger partial charge in [0.1, 0.15) is 34.7 Å². The molecule has 4 rings (SSSR count). The Kier molecular flexibility index (Phi) is 7.13. The number of halogens is 1. The van der Waals surface area contributed by atoms with E-state index in [0.29, 0.717) is 59.3 Å². The zero-order chi connectivity index (χ0) is 25.2. The van der Waals surface area contributed by atoms with Crippen molar-refractivity contribution in [2.45, 2.75) is 38.5 Å². The molecule has 1 aromatic heterocycles. The lowest BCUT2D eigenvalue weighted by Crippen LogP contribution is -2.48. The lowest BCUT2D eigenvalue weighted by atomic mass is 9.63. The molecule has 2 aromatic rings. The second-order valence-corrected chi connectivity index (χ2v) is 9.45. The molecule has 2 fully saturated rings. The van der Waals surface area contributed by atoms with E-state index in [4.69, 9.17) is 21.1 Å². The summed E-state index contributed by atoms with van der Waals surface area (Å²) in [7, 11) is 3.02. The first-order valence-corrected chi connectivity index (χ1v) is 11.8. The number of Topliss-reactive ketones (excluding diaryl/α,β-unsaturated/α-hetero) is 2. The summed E-state index contributed by atoms with van der Waals surface area (Å²) in [5, 5.41) is 0.302. The summed E-state index contributed by atoms with van der Waals surface area (Å²) in [5.74, 6) is 5.23. The molecular weight excluding hydrogens is 468 g/mol. The van der Waals surface area contributed by atoms with E-state index < -0.39 is 11.3 Å². The fraction of sp³-hybridized carbons (Fsp3) is 0.407. The zero-order valence-electron chi connectivity index (χ0n) is 20.0. The Morgan fingerprint density at radius 2 is 1.80 bits per heavy atom. The number of amides is 1. The molecule has 0 unspecified atom stereocenters. The molecule has 7 nitrogen and oxygen atoms in total. The molecule has 1 amide bonds. The van der Waals surface area contributed by atoms with Crippen LogP contribution in [0.15, 0.2) is 30.5 Å². The summed E-state index contributed by atoms with van der Waals surface area (Å²) in [6.45, 7) is 2.63. The van der Waals surface area contributed by atoms with Crippen LogP contribution in [0.2, 0.25) is 5.02 Å². The Labute approximate surface area is 209 Å². The second kappa shape index (κ2) is 10.1. The first-order valence-electron chi connectivity index (χ1n) is 11.5. The highest BCUT2D eigenvalue weighted by molar-refractivity contribution is 6.32. The summed E-state index contributed by atoms with van der Waals surface area (Å²) < 4.78 is 10.7. The van der Waals surface area contributed by atoms with E-state index in [1.54, 1.807) is 36.1 Å². The number of rotatable bonds is 4. The van der Waals surface area contributed by atoms with E-state index >= 15 is 0 Å². The molecule has 8 heteroatoms. The third-order valence-electron chi connectivity index (χ3n) is 6.91. The minimum absolute atomic E-state index is 0.162. The minimum Gasteiger partial charge on any atom is -0.497 e. The molecule has 1 aromatic carbocycles. The van der Waals surface area contributed by atoms with Crippen molar-refractivity contribution in [3.05, 3.63) is 52.3 Å². The third-order valence-corrected chi connectivity index (χ3v) is 7.22. The topological polar surface area (TPSA) is 85.8 Å². The Balaban J connectivity index is 1.50. The van der Waals surface area contributed by atoms with Crippen molar-refractivity contribution in [2.24, 2.45) is 5.41 Å². The van der Waals surface area contributed by atoms with E-state index in [0.717, 1.165) is 0 Å². The van der Waals surface area contributed by atoms with Crippen molar-refractivity contribution in [1.29, 1.82) is 0 Å². The lowest BCUT2D eigenvalue weighted by Gasteiger charge is -2.44. The largest absolute Gasteiger partial charge is 0.497 e. The first-order chi connectivity index (χ1) is 16.8. The summed E-state index contributed by atoms with van der Waals surface area (Å²) in [4.78, 5) is 45.5. The van der Waals surface area contributed by atoms with Crippen LogP contribution in [-0.2, 0) is 9.59 Å². The Morgan fingerprint density at radius 3 is 2.40 bits per heavy atom. The number of ketones is 2. The number of aromatic nitrogens is 1. The molecule has 1 saturated heterocycles. The molecule has 0 radical (unpaired) electrons. The normalized spacial score (nSPS) is 17.7. The van der Waals surface area contributed by atoms with Crippen molar-refractivity contribution >= 4 is 29.1 Å². The quantitative estimate of drug-likeness (QED) is 0.470. The van der Waals surface area contributed by atoms with Crippen LogP contribution in [0.1, 0.15) is 60.1 Å². The Bertz CT molecular complexity index is 1220. The van der Waals surface area contributed by atoms with Crippen molar-refractivity contribution < 1.29 is 23.9 Å². The van der Waals surface area contributed by atoms with E-state index in [1.165, 1.54) is 20.4 Å². The van der Waals surface area contributed by atoms with Crippen LogP contribution < -0.4 is 9.47 Å². The number of carbonyl (C=O) groups excluding carboxylic acids is 3. The van der Waals surface area contributed by atoms with Gasteiger partial charge in [-0.2, -0.15) is 0 Å². The standard InChI is InChI=1S/C27H27ClN2O5/c1-4-5-17-12-19(28)24(23(13-17)35-3)25-21(31)15-27(16-22(25)32)7-10-30(11-8-27)26(33)20-14-18(34-2)6-9-29-20/h6,9,12-14,25H,7-8,10-11,15-16H2,1-3H3. The average molecular weight is 495 g/mol. The van der Waals surface area contributed by atoms with Crippen LogP contribution >= 0.6 is 11.6 Å². The number of nitrogens with zero attached hydrogens (tertiary/aromatic N) is 2. The second-order valence-electron chi connectivity index (χ2n) is 9.04. The number of likely N-dealkylation sites (tertiary alicyclic amines) is 1. The van der Waals surface area contributed by atoms with Crippen molar-refractivity contribution in [3.8, 4) is 23.3 Å². The maximum absolute atomic E-state index is 13.3. The number of hydrogen-bond donors (Lipinski definition) is 0. The van der Waals surface area contributed by atoms with Crippen LogP contribution in [-0.4, -0.2) is 54.7 Å². The first kappa shape index (κ1) is 24.7. The number of ether oxygens (including phenoxy) is 2. The highest BCUT2D eigenvalue weighted by Gasteiger charge is 2.48. The lowest BCUT2D eigenvalue weighted by molar-refractivity contribution is -0.138. The van der Waals surface area contributed by atoms with Crippen molar-refractivity contribution in [2.75, 3.05) is 27.3 Å². The van der Waals surface area contributed by atoms with E-state index in [1.807, 2.05) is 0 Å². The predicted molar refractivity (Wildman–Crippen MR) is 131 cm³/mol. The number of carbonyl (C=O) groups is 3. The molecule has 182 valence electrons. The Hall–Kier alpha value is -3.37. The average Bonchev–Trinajstić information content (AvgIpc) is 2.85. The van der Waals surface area contributed by atoms with Gasteiger partial charge >= 0.3 is 0 Å². The zero-order valence-corrected chi connectivity index (χ0v) is 20.8.